The Hall–Kier alpha value is -1.16. The van der Waals surface area contributed by atoms with E-state index in [9.17, 15) is 0 Å². The van der Waals surface area contributed by atoms with Crippen molar-refractivity contribution in [2.45, 2.75) is 64.6 Å². The Morgan fingerprint density at radius 1 is 1.15 bits per heavy atom. The highest BCUT2D eigenvalue weighted by molar-refractivity contribution is 5.39. The van der Waals surface area contributed by atoms with Crippen LogP contribution >= 0.6 is 0 Å². The lowest BCUT2D eigenvalue weighted by Crippen LogP contribution is -2.35. The normalized spacial score (nSPS) is 19.1. The van der Waals surface area contributed by atoms with Gasteiger partial charge in [-0.25, -0.2) is 4.98 Å². The molecule has 2 aliphatic carbocycles. The van der Waals surface area contributed by atoms with Gasteiger partial charge in [0, 0.05) is 24.7 Å². The molecular formula is C16H26N4. The van der Waals surface area contributed by atoms with Crippen LogP contribution in [0, 0.1) is 5.92 Å². The van der Waals surface area contributed by atoms with Crippen molar-refractivity contribution >= 4 is 5.82 Å². The highest BCUT2D eigenvalue weighted by atomic mass is 15.2. The maximum Gasteiger partial charge on any atom is 0.147 e. The lowest BCUT2D eigenvalue weighted by molar-refractivity contribution is 0.421. The maximum absolute atomic E-state index is 4.65. The van der Waals surface area contributed by atoms with Crippen molar-refractivity contribution in [1.29, 1.82) is 0 Å². The van der Waals surface area contributed by atoms with Gasteiger partial charge in [-0.2, -0.15) is 0 Å². The summed E-state index contributed by atoms with van der Waals surface area (Å²) in [5.74, 6) is 1.97. The molecule has 0 saturated heterocycles. The van der Waals surface area contributed by atoms with E-state index in [1.54, 1.807) is 0 Å². The highest BCUT2D eigenvalue weighted by Gasteiger charge is 2.34. The molecule has 1 N–H and O–H groups in total. The SMILES string of the molecule is CC(C)(C)NCc1cnc(N(CC2CC2)C2CC2)cn1. The number of nitrogens with one attached hydrogen (secondary N) is 1. The zero-order valence-electron chi connectivity index (χ0n) is 12.9. The first-order valence-corrected chi connectivity index (χ1v) is 7.84. The molecule has 0 radical (unpaired) electrons. The smallest absolute Gasteiger partial charge is 0.147 e. The standard InChI is InChI=1S/C16H26N4/c1-16(2,3)19-9-13-8-18-15(10-17-13)20(14-6-7-14)11-12-4-5-12/h8,10,12,14,19H,4-7,9,11H2,1-3H3. The fourth-order valence-electron chi connectivity index (χ4n) is 2.34. The van der Waals surface area contributed by atoms with Gasteiger partial charge in [0.25, 0.3) is 0 Å². The summed E-state index contributed by atoms with van der Waals surface area (Å²) in [7, 11) is 0. The van der Waals surface area contributed by atoms with Crippen molar-refractivity contribution in [3.05, 3.63) is 18.1 Å². The van der Waals surface area contributed by atoms with Crippen molar-refractivity contribution in [3.8, 4) is 0 Å². The van der Waals surface area contributed by atoms with Gasteiger partial charge in [-0.3, -0.25) is 4.98 Å². The first-order chi connectivity index (χ1) is 9.51. The molecule has 0 spiro atoms. The highest BCUT2D eigenvalue weighted by Crippen LogP contribution is 2.36. The summed E-state index contributed by atoms with van der Waals surface area (Å²) in [6.45, 7) is 8.46. The molecule has 1 heterocycles. The van der Waals surface area contributed by atoms with E-state index in [0.29, 0.717) is 0 Å². The van der Waals surface area contributed by atoms with Gasteiger partial charge in [0.2, 0.25) is 0 Å². The molecule has 2 fully saturated rings. The summed E-state index contributed by atoms with van der Waals surface area (Å²) >= 11 is 0. The van der Waals surface area contributed by atoms with E-state index in [1.165, 1.54) is 32.2 Å². The van der Waals surface area contributed by atoms with Crippen LogP contribution in [0.3, 0.4) is 0 Å². The molecule has 0 atom stereocenters. The van der Waals surface area contributed by atoms with Gasteiger partial charge in [0.05, 0.1) is 18.1 Å². The van der Waals surface area contributed by atoms with Crippen molar-refractivity contribution in [1.82, 2.24) is 15.3 Å². The number of nitrogens with zero attached hydrogens (tertiary/aromatic N) is 3. The minimum atomic E-state index is 0.117. The minimum Gasteiger partial charge on any atom is -0.352 e. The zero-order valence-corrected chi connectivity index (χ0v) is 12.9. The lowest BCUT2D eigenvalue weighted by Gasteiger charge is -2.23. The largest absolute Gasteiger partial charge is 0.352 e. The molecule has 0 amide bonds. The summed E-state index contributed by atoms with van der Waals surface area (Å²) < 4.78 is 0. The molecule has 2 aliphatic rings. The van der Waals surface area contributed by atoms with E-state index >= 15 is 0 Å². The van der Waals surface area contributed by atoms with Crippen LogP contribution in [0.1, 0.15) is 52.1 Å². The Bertz CT molecular complexity index is 441. The predicted molar refractivity (Wildman–Crippen MR) is 81.7 cm³/mol. The third kappa shape index (κ3) is 3.92. The average molecular weight is 274 g/mol. The number of aromatic nitrogens is 2. The molecule has 4 heteroatoms. The molecule has 2 saturated carbocycles. The molecule has 0 unspecified atom stereocenters. The van der Waals surface area contributed by atoms with E-state index in [1.807, 2.05) is 12.4 Å². The molecule has 1 aromatic rings. The van der Waals surface area contributed by atoms with Crippen LogP contribution in [0.5, 0.6) is 0 Å². The van der Waals surface area contributed by atoms with Crippen molar-refractivity contribution in [2.24, 2.45) is 5.92 Å². The summed E-state index contributed by atoms with van der Waals surface area (Å²) in [6, 6.07) is 0.725. The molecule has 0 bridgehead atoms. The van der Waals surface area contributed by atoms with E-state index in [2.05, 4.69) is 41.0 Å². The fraction of sp³-hybridized carbons (Fsp3) is 0.750. The first kappa shape index (κ1) is 13.8. The zero-order chi connectivity index (χ0) is 14.2. The third-order valence-corrected chi connectivity index (χ3v) is 3.93. The second kappa shape index (κ2) is 5.32. The molecular weight excluding hydrogens is 248 g/mol. The quantitative estimate of drug-likeness (QED) is 0.866. The summed E-state index contributed by atoms with van der Waals surface area (Å²) in [5, 5.41) is 3.45. The Kier molecular flexibility index (Phi) is 3.67. The number of hydrogen-bond acceptors (Lipinski definition) is 4. The third-order valence-electron chi connectivity index (χ3n) is 3.93. The Balaban J connectivity index is 1.61. The van der Waals surface area contributed by atoms with Gasteiger partial charge in [-0.05, 0) is 52.4 Å². The minimum absolute atomic E-state index is 0.117. The summed E-state index contributed by atoms with van der Waals surface area (Å²) in [4.78, 5) is 11.7. The van der Waals surface area contributed by atoms with Gasteiger partial charge in [-0.15, -0.1) is 0 Å². The van der Waals surface area contributed by atoms with E-state index in [-0.39, 0.29) is 5.54 Å². The van der Waals surface area contributed by atoms with Gasteiger partial charge >= 0.3 is 0 Å². The Morgan fingerprint density at radius 2 is 1.90 bits per heavy atom. The van der Waals surface area contributed by atoms with Crippen molar-refractivity contribution in [2.75, 3.05) is 11.4 Å². The van der Waals surface area contributed by atoms with Crippen molar-refractivity contribution in [3.63, 3.8) is 0 Å². The second-order valence-corrected chi connectivity index (χ2v) is 7.30. The van der Waals surface area contributed by atoms with E-state index < -0.39 is 0 Å². The maximum atomic E-state index is 4.65. The van der Waals surface area contributed by atoms with Gasteiger partial charge < -0.3 is 10.2 Å². The van der Waals surface area contributed by atoms with Crippen LogP contribution in [-0.4, -0.2) is 28.1 Å². The molecule has 4 nitrogen and oxygen atoms in total. The van der Waals surface area contributed by atoms with Gasteiger partial charge in [0.15, 0.2) is 0 Å². The monoisotopic (exact) mass is 274 g/mol. The molecule has 3 rings (SSSR count). The molecule has 20 heavy (non-hydrogen) atoms. The number of rotatable bonds is 6. The Labute approximate surface area is 122 Å². The summed E-state index contributed by atoms with van der Waals surface area (Å²) in [6.07, 6.45) is 9.31. The molecule has 0 aromatic carbocycles. The number of anilines is 1. The van der Waals surface area contributed by atoms with Crippen LogP contribution in [0.4, 0.5) is 5.82 Å². The van der Waals surface area contributed by atoms with Crippen LogP contribution in [0.25, 0.3) is 0 Å². The van der Waals surface area contributed by atoms with Crippen LogP contribution in [0.2, 0.25) is 0 Å². The number of hydrogen-bond donors (Lipinski definition) is 1. The van der Waals surface area contributed by atoms with Crippen LogP contribution in [0.15, 0.2) is 12.4 Å². The molecule has 110 valence electrons. The van der Waals surface area contributed by atoms with Gasteiger partial charge in [-0.1, -0.05) is 0 Å². The predicted octanol–water partition coefficient (Wildman–Crippen LogP) is 2.74. The topological polar surface area (TPSA) is 41.1 Å². The van der Waals surface area contributed by atoms with Crippen molar-refractivity contribution < 1.29 is 0 Å². The second-order valence-electron chi connectivity index (χ2n) is 7.30. The van der Waals surface area contributed by atoms with Crippen LogP contribution in [-0.2, 0) is 6.54 Å². The first-order valence-electron chi connectivity index (χ1n) is 7.84. The van der Waals surface area contributed by atoms with Gasteiger partial charge in [0.1, 0.15) is 5.82 Å². The molecule has 1 aromatic heterocycles. The lowest BCUT2D eigenvalue weighted by atomic mass is 10.1. The Morgan fingerprint density at radius 3 is 2.40 bits per heavy atom. The van der Waals surface area contributed by atoms with Crippen LogP contribution < -0.4 is 10.2 Å². The summed E-state index contributed by atoms with van der Waals surface area (Å²) in [5.41, 5.74) is 1.14. The van der Waals surface area contributed by atoms with E-state index in [0.717, 1.165) is 30.0 Å². The molecule has 0 aliphatic heterocycles. The average Bonchev–Trinajstić information content (AvgIpc) is 3.26. The fourth-order valence-corrected chi connectivity index (χ4v) is 2.34. The van der Waals surface area contributed by atoms with E-state index in [4.69, 9.17) is 0 Å².